The number of benzene rings is 1. The molecule has 2 rings (SSSR count). The molecular weight excluding hydrogens is 328 g/mol. The van der Waals surface area contributed by atoms with Crippen LogP contribution in [0.1, 0.15) is 5.69 Å². The highest BCUT2D eigenvalue weighted by atomic mass is 79.9. The van der Waals surface area contributed by atoms with Crippen molar-refractivity contribution in [1.29, 1.82) is 0 Å². The number of nitro benzene ring substituents is 1. The number of para-hydroxylation sites is 1. The number of nitrogens with zero attached hydrogens (tertiary/aromatic N) is 2. The van der Waals surface area contributed by atoms with E-state index in [-0.39, 0.29) is 18.0 Å². The van der Waals surface area contributed by atoms with Crippen LogP contribution in [-0.2, 0) is 6.61 Å². The zero-order valence-electron chi connectivity index (χ0n) is 10.2. The van der Waals surface area contributed by atoms with Gasteiger partial charge in [0.25, 0.3) is 0 Å². The molecule has 0 bridgehead atoms. The minimum absolute atomic E-state index is 0.0962. The molecule has 0 saturated carbocycles. The zero-order chi connectivity index (χ0) is 14.5. The molecule has 104 valence electrons. The summed E-state index contributed by atoms with van der Waals surface area (Å²) in [5, 5.41) is 10.9. The number of ether oxygens (including phenoxy) is 1. The summed E-state index contributed by atoms with van der Waals surface area (Å²) < 4.78 is 6.01. The van der Waals surface area contributed by atoms with Crippen LogP contribution in [0.2, 0.25) is 0 Å². The van der Waals surface area contributed by atoms with Crippen LogP contribution in [0.25, 0.3) is 0 Å². The molecule has 1 heterocycles. The molecule has 0 radical (unpaired) electrons. The van der Waals surface area contributed by atoms with Crippen LogP contribution in [0, 0.1) is 10.1 Å². The summed E-state index contributed by atoms with van der Waals surface area (Å²) in [5.41, 5.74) is 2.92. The molecule has 1 aromatic carbocycles. The molecule has 0 aliphatic rings. The van der Waals surface area contributed by atoms with Gasteiger partial charge in [-0.25, -0.2) is 10.8 Å². The molecule has 3 N–H and O–H groups in total. The van der Waals surface area contributed by atoms with Crippen molar-refractivity contribution in [3.8, 4) is 5.75 Å². The summed E-state index contributed by atoms with van der Waals surface area (Å²) in [5.74, 6) is 5.93. The largest absolute Gasteiger partial charge is 0.480 e. The molecule has 7 nitrogen and oxygen atoms in total. The third-order valence-electron chi connectivity index (χ3n) is 2.46. The van der Waals surface area contributed by atoms with Gasteiger partial charge in [0.1, 0.15) is 12.4 Å². The highest BCUT2D eigenvalue weighted by molar-refractivity contribution is 9.10. The number of pyridine rings is 1. The van der Waals surface area contributed by atoms with Gasteiger partial charge in [0, 0.05) is 6.07 Å². The number of hydrazine groups is 1. The second-order valence-electron chi connectivity index (χ2n) is 3.79. The van der Waals surface area contributed by atoms with Crippen LogP contribution in [0.15, 0.2) is 40.9 Å². The number of hydrogen-bond donors (Lipinski definition) is 2. The maximum atomic E-state index is 10.9. The first-order valence-electron chi connectivity index (χ1n) is 5.60. The van der Waals surface area contributed by atoms with Gasteiger partial charge < -0.3 is 10.2 Å². The van der Waals surface area contributed by atoms with E-state index in [4.69, 9.17) is 10.6 Å². The average molecular weight is 339 g/mol. The molecule has 0 atom stereocenters. The monoisotopic (exact) mass is 338 g/mol. The van der Waals surface area contributed by atoms with E-state index in [0.717, 1.165) is 0 Å². The second-order valence-corrected chi connectivity index (χ2v) is 4.65. The van der Waals surface area contributed by atoms with E-state index in [1.807, 2.05) is 0 Å². The Hall–Kier alpha value is -2.19. The minimum atomic E-state index is -0.495. The molecule has 0 aliphatic heterocycles. The maximum absolute atomic E-state index is 10.9. The van der Waals surface area contributed by atoms with E-state index < -0.39 is 4.92 Å². The van der Waals surface area contributed by atoms with E-state index in [2.05, 4.69) is 26.3 Å². The molecular formula is C12H11BrN4O3. The lowest BCUT2D eigenvalue weighted by atomic mass is 10.3. The summed E-state index contributed by atoms with van der Waals surface area (Å²) in [4.78, 5) is 14.6. The summed E-state index contributed by atoms with van der Waals surface area (Å²) >= 11 is 3.23. The molecule has 0 aliphatic carbocycles. The van der Waals surface area contributed by atoms with Crippen LogP contribution in [0.3, 0.4) is 0 Å². The van der Waals surface area contributed by atoms with Gasteiger partial charge in [0.05, 0.1) is 15.1 Å². The van der Waals surface area contributed by atoms with Crippen LogP contribution in [0.5, 0.6) is 5.75 Å². The first-order valence-corrected chi connectivity index (χ1v) is 6.39. The van der Waals surface area contributed by atoms with Crippen molar-refractivity contribution in [2.24, 2.45) is 5.84 Å². The van der Waals surface area contributed by atoms with Gasteiger partial charge in [-0.15, -0.1) is 0 Å². The predicted octanol–water partition coefficient (Wildman–Crippen LogP) is 2.62. The van der Waals surface area contributed by atoms with Gasteiger partial charge in [-0.3, -0.25) is 10.1 Å². The first kappa shape index (κ1) is 14.2. The molecule has 0 fully saturated rings. The number of nitrogen functional groups attached to an aromatic ring is 1. The summed E-state index contributed by atoms with van der Waals surface area (Å²) in [6.45, 7) is 0.0962. The fourth-order valence-corrected chi connectivity index (χ4v) is 2.04. The van der Waals surface area contributed by atoms with Crippen molar-refractivity contribution >= 4 is 27.4 Å². The fraction of sp³-hybridized carbons (Fsp3) is 0.0833. The predicted molar refractivity (Wildman–Crippen MR) is 77.2 cm³/mol. The van der Waals surface area contributed by atoms with Crippen molar-refractivity contribution in [3.05, 3.63) is 56.7 Å². The lowest BCUT2D eigenvalue weighted by molar-refractivity contribution is -0.386. The molecule has 0 spiro atoms. The molecule has 8 heteroatoms. The SMILES string of the molecule is NNc1cccc(COc2c(Br)cccc2[N+](=O)[O-])n1. The molecule has 20 heavy (non-hydrogen) atoms. The number of halogens is 1. The van der Waals surface area contributed by atoms with E-state index in [1.165, 1.54) is 6.07 Å². The Morgan fingerprint density at radius 3 is 2.80 bits per heavy atom. The van der Waals surface area contributed by atoms with E-state index in [1.54, 1.807) is 30.3 Å². The number of anilines is 1. The number of nitrogens with two attached hydrogens (primary N) is 1. The maximum Gasteiger partial charge on any atom is 0.312 e. The molecule has 0 amide bonds. The number of aromatic nitrogens is 1. The van der Waals surface area contributed by atoms with Gasteiger partial charge in [0.15, 0.2) is 0 Å². The van der Waals surface area contributed by atoms with Gasteiger partial charge in [-0.05, 0) is 34.1 Å². The minimum Gasteiger partial charge on any atom is -0.480 e. The van der Waals surface area contributed by atoms with Gasteiger partial charge >= 0.3 is 5.69 Å². The van der Waals surface area contributed by atoms with Gasteiger partial charge in [0.2, 0.25) is 5.75 Å². The summed E-state index contributed by atoms with van der Waals surface area (Å²) in [6.07, 6.45) is 0. The third kappa shape index (κ3) is 3.22. The molecule has 1 aromatic heterocycles. The Balaban J connectivity index is 2.20. The number of nitrogens with one attached hydrogen (secondary N) is 1. The average Bonchev–Trinajstić information content (AvgIpc) is 2.45. The highest BCUT2D eigenvalue weighted by Crippen LogP contribution is 2.35. The smallest absolute Gasteiger partial charge is 0.312 e. The van der Waals surface area contributed by atoms with Gasteiger partial charge in [-0.1, -0.05) is 12.1 Å². The van der Waals surface area contributed by atoms with Crippen LogP contribution in [-0.4, -0.2) is 9.91 Å². The van der Waals surface area contributed by atoms with Crippen LogP contribution in [0.4, 0.5) is 11.5 Å². The third-order valence-corrected chi connectivity index (χ3v) is 3.09. The van der Waals surface area contributed by atoms with E-state index in [9.17, 15) is 10.1 Å². The normalized spacial score (nSPS) is 10.1. The van der Waals surface area contributed by atoms with Crippen molar-refractivity contribution in [1.82, 2.24) is 4.98 Å². The summed E-state index contributed by atoms with van der Waals surface area (Å²) in [7, 11) is 0. The highest BCUT2D eigenvalue weighted by Gasteiger charge is 2.18. The molecule has 0 saturated heterocycles. The quantitative estimate of drug-likeness (QED) is 0.493. The number of nitro groups is 1. The van der Waals surface area contributed by atoms with Crippen molar-refractivity contribution in [2.75, 3.05) is 5.43 Å². The van der Waals surface area contributed by atoms with Crippen LogP contribution >= 0.6 is 15.9 Å². The second kappa shape index (κ2) is 6.31. The zero-order valence-corrected chi connectivity index (χ0v) is 11.8. The Morgan fingerprint density at radius 1 is 1.35 bits per heavy atom. The number of rotatable bonds is 5. The van der Waals surface area contributed by atoms with Crippen molar-refractivity contribution < 1.29 is 9.66 Å². The molecule has 2 aromatic rings. The van der Waals surface area contributed by atoms with E-state index >= 15 is 0 Å². The van der Waals surface area contributed by atoms with Crippen LogP contribution < -0.4 is 16.0 Å². The van der Waals surface area contributed by atoms with Crippen molar-refractivity contribution in [3.63, 3.8) is 0 Å². The first-order chi connectivity index (χ1) is 9.61. The van der Waals surface area contributed by atoms with Gasteiger partial charge in [-0.2, -0.15) is 0 Å². The Kier molecular flexibility index (Phi) is 4.49. The Bertz CT molecular complexity index is 636. The number of hydrogen-bond acceptors (Lipinski definition) is 6. The molecule has 0 unspecified atom stereocenters. The lowest BCUT2D eigenvalue weighted by Gasteiger charge is -2.09. The Morgan fingerprint density at radius 2 is 2.10 bits per heavy atom. The standard InChI is InChI=1S/C12H11BrN4O3/c13-9-4-2-5-10(17(18)19)12(9)20-7-8-3-1-6-11(15-8)16-14/h1-6H,7,14H2,(H,15,16). The summed E-state index contributed by atoms with van der Waals surface area (Å²) in [6, 6.07) is 9.83. The Labute approximate surface area is 123 Å². The topological polar surface area (TPSA) is 103 Å². The lowest BCUT2D eigenvalue weighted by Crippen LogP contribution is -2.10. The fourth-order valence-electron chi connectivity index (χ4n) is 1.57. The van der Waals surface area contributed by atoms with Crippen molar-refractivity contribution in [2.45, 2.75) is 6.61 Å². The van der Waals surface area contributed by atoms with E-state index in [0.29, 0.717) is 16.0 Å².